The van der Waals surface area contributed by atoms with Gasteiger partial charge >= 0.3 is 0 Å². The standard InChI is InChI=1S/C15H21N3/c1-3-9-18(12-13-5-6-13)15-10-14(7-8-17-15)11-16-4-2/h1,7-8,10,13,16H,4-6,9,11-12H2,2H3. The summed E-state index contributed by atoms with van der Waals surface area (Å²) in [4.78, 5) is 6.67. The molecule has 18 heavy (non-hydrogen) atoms. The van der Waals surface area contributed by atoms with E-state index in [0.717, 1.165) is 31.4 Å². The lowest BCUT2D eigenvalue weighted by molar-refractivity contribution is 0.721. The van der Waals surface area contributed by atoms with Crippen molar-refractivity contribution in [2.45, 2.75) is 26.3 Å². The molecule has 1 aliphatic carbocycles. The first kappa shape index (κ1) is 12.9. The zero-order valence-electron chi connectivity index (χ0n) is 11.0. The number of hydrogen-bond acceptors (Lipinski definition) is 3. The first-order valence-electron chi connectivity index (χ1n) is 6.67. The highest BCUT2D eigenvalue weighted by Gasteiger charge is 2.24. The molecule has 1 N–H and O–H groups in total. The summed E-state index contributed by atoms with van der Waals surface area (Å²) < 4.78 is 0. The average Bonchev–Trinajstić information content (AvgIpc) is 3.20. The second-order valence-electron chi connectivity index (χ2n) is 4.83. The molecule has 2 rings (SSSR count). The van der Waals surface area contributed by atoms with Gasteiger partial charge in [0.1, 0.15) is 5.82 Å². The molecule has 0 saturated heterocycles. The zero-order chi connectivity index (χ0) is 12.8. The summed E-state index contributed by atoms with van der Waals surface area (Å²) in [5.41, 5.74) is 1.26. The Bertz CT molecular complexity index is 418. The molecule has 1 aromatic heterocycles. The minimum Gasteiger partial charge on any atom is -0.345 e. The number of anilines is 1. The lowest BCUT2D eigenvalue weighted by Gasteiger charge is -2.21. The molecule has 1 aliphatic rings. The SMILES string of the molecule is C#CCN(CC1CC1)c1cc(CNCC)ccn1. The van der Waals surface area contributed by atoms with Crippen molar-refractivity contribution >= 4 is 5.82 Å². The van der Waals surface area contributed by atoms with Crippen molar-refractivity contribution in [1.82, 2.24) is 10.3 Å². The van der Waals surface area contributed by atoms with E-state index in [1.807, 2.05) is 6.20 Å². The molecule has 1 heterocycles. The van der Waals surface area contributed by atoms with Crippen LogP contribution in [-0.2, 0) is 6.54 Å². The topological polar surface area (TPSA) is 28.2 Å². The number of rotatable bonds is 7. The molecule has 0 bridgehead atoms. The van der Waals surface area contributed by atoms with Crippen molar-refractivity contribution in [2.24, 2.45) is 5.92 Å². The second kappa shape index (κ2) is 6.42. The van der Waals surface area contributed by atoms with E-state index in [-0.39, 0.29) is 0 Å². The molecule has 96 valence electrons. The third-order valence-electron chi connectivity index (χ3n) is 3.17. The Morgan fingerprint density at radius 2 is 2.39 bits per heavy atom. The van der Waals surface area contributed by atoms with Crippen molar-refractivity contribution in [3.63, 3.8) is 0 Å². The van der Waals surface area contributed by atoms with Crippen LogP contribution >= 0.6 is 0 Å². The number of nitrogens with zero attached hydrogens (tertiary/aromatic N) is 2. The Morgan fingerprint density at radius 3 is 3.06 bits per heavy atom. The van der Waals surface area contributed by atoms with E-state index >= 15 is 0 Å². The van der Waals surface area contributed by atoms with Crippen LogP contribution in [0.5, 0.6) is 0 Å². The first-order valence-corrected chi connectivity index (χ1v) is 6.67. The normalized spacial score (nSPS) is 14.2. The predicted octanol–water partition coefficient (Wildman–Crippen LogP) is 2.04. The maximum atomic E-state index is 5.45. The number of aromatic nitrogens is 1. The quantitative estimate of drug-likeness (QED) is 0.743. The smallest absolute Gasteiger partial charge is 0.129 e. The van der Waals surface area contributed by atoms with Gasteiger partial charge in [-0.05, 0) is 43.0 Å². The van der Waals surface area contributed by atoms with E-state index in [1.165, 1.54) is 18.4 Å². The lowest BCUT2D eigenvalue weighted by atomic mass is 10.2. The summed E-state index contributed by atoms with van der Waals surface area (Å²) in [7, 11) is 0. The minimum absolute atomic E-state index is 0.647. The van der Waals surface area contributed by atoms with Gasteiger partial charge in [-0.3, -0.25) is 0 Å². The highest BCUT2D eigenvalue weighted by molar-refractivity contribution is 5.42. The minimum atomic E-state index is 0.647. The molecule has 1 saturated carbocycles. The summed E-state index contributed by atoms with van der Waals surface area (Å²) >= 11 is 0. The Hall–Kier alpha value is -1.53. The van der Waals surface area contributed by atoms with Crippen LogP contribution in [0.15, 0.2) is 18.3 Å². The number of pyridine rings is 1. The van der Waals surface area contributed by atoms with Gasteiger partial charge in [0.2, 0.25) is 0 Å². The molecule has 0 unspecified atom stereocenters. The second-order valence-corrected chi connectivity index (χ2v) is 4.83. The maximum absolute atomic E-state index is 5.45. The highest BCUT2D eigenvalue weighted by Crippen LogP contribution is 2.30. The Morgan fingerprint density at radius 1 is 1.56 bits per heavy atom. The summed E-state index contributed by atoms with van der Waals surface area (Å²) in [5, 5.41) is 3.33. The molecule has 0 amide bonds. The van der Waals surface area contributed by atoms with Gasteiger partial charge in [-0.1, -0.05) is 12.8 Å². The van der Waals surface area contributed by atoms with Gasteiger partial charge in [0.05, 0.1) is 6.54 Å². The molecule has 1 fully saturated rings. The van der Waals surface area contributed by atoms with Crippen LogP contribution in [0.25, 0.3) is 0 Å². The van der Waals surface area contributed by atoms with Gasteiger partial charge in [0.25, 0.3) is 0 Å². The van der Waals surface area contributed by atoms with Crippen molar-refractivity contribution in [3.05, 3.63) is 23.9 Å². The predicted molar refractivity (Wildman–Crippen MR) is 75.4 cm³/mol. The monoisotopic (exact) mass is 243 g/mol. The number of hydrogen-bond donors (Lipinski definition) is 1. The fraction of sp³-hybridized carbons (Fsp3) is 0.533. The van der Waals surface area contributed by atoms with Crippen molar-refractivity contribution in [1.29, 1.82) is 0 Å². The van der Waals surface area contributed by atoms with Crippen molar-refractivity contribution in [2.75, 3.05) is 24.5 Å². The van der Waals surface area contributed by atoms with E-state index in [4.69, 9.17) is 6.42 Å². The van der Waals surface area contributed by atoms with Gasteiger partial charge in [-0.25, -0.2) is 4.98 Å². The van der Waals surface area contributed by atoms with Crippen LogP contribution < -0.4 is 10.2 Å². The van der Waals surface area contributed by atoms with E-state index < -0.39 is 0 Å². The highest BCUT2D eigenvalue weighted by atomic mass is 15.2. The molecular formula is C15H21N3. The third-order valence-corrected chi connectivity index (χ3v) is 3.17. The number of nitrogens with one attached hydrogen (secondary N) is 1. The van der Waals surface area contributed by atoms with Gasteiger partial charge in [-0.2, -0.15) is 0 Å². The van der Waals surface area contributed by atoms with Crippen LogP contribution in [0, 0.1) is 18.3 Å². The molecule has 3 heteroatoms. The largest absolute Gasteiger partial charge is 0.345 e. The molecule has 3 nitrogen and oxygen atoms in total. The first-order chi connectivity index (χ1) is 8.83. The molecule has 0 spiro atoms. The fourth-order valence-electron chi connectivity index (χ4n) is 1.97. The van der Waals surface area contributed by atoms with E-state index in [2.05, 4.69) is 40.2 Å². The third kappa shape index (κ3) is 3.75. The van der Waals surface area contributed by atoms with Crippen molar-refractivity contribution < 1.29 is 0 Å². The maximum Gasteiger partial charge on any atom is 0.129 e. The Balaban J connectivity index is 2.05. The van der Waals surface area contributed by atoms with Crippen LogP contribution in [0.4, 0.5) is 5.82 Å². The van der Waals surface area contributed by atoms with Crippen LogP contribution in [0.1, 0.15) is 25.3 Å². The zero-order valence-corrected chi connectivity index (χ0v) is 11.0. The summed E-state index contributed by atoms with van der Waals surface area (Å²) in [6, 6.07) is 4.19. The van der Waals surface area contributed by atoms with E-state index in [9.17, 15) is 0 Å². The lowest BCUT2D eigenvalue weighted by Crippen LogP contribution is -2.27. The Labute approximate surface area is 110 Å². The molecule has 0 aromatic carbocycles. The summed E-state index contributed by atoms with van der Waals surface area (Å²) in [5.74, 6) is 4.56. The van der Waals surface area contributed by atoms with E-state index in [1.54, 1.807) is 0 Å². The molecule has 0 aliphatic heterocycles. The molecule has 0 radical (unpaired) electrons. The van der Waals surface area contributed by atoms with Crippen LogP contribution in [0.2, 0.25) is 0 Å². The average molecular weight is 243 g/mol. The van der Waals surface area contributed by atoms with Gasteiger partial charge in [0.15, 0.2) is 0 Å². The van der Waals surface area contributed by atoms with Gasteiger partial charge < -0.3 is 10.2 Å². The van der Waals surface area contributed by atoms with Crippen LogP contribution in [0.3, 0.4) is 0 Å². The van der Waals surface area contributed by atoms with Gasteiger partial charge in [0, 0.05) is 19.3 Å². The van der Waals surface area contributed by atoms with Crippen molar-refractivity contribution in [3.8, 4) is 12.3 Å². The molecule has 0 atom stereocenters. The summed E-state index contributed by atoms with van der Waals surface area (Å²) in [6.45, 7) is 5.67. The number of terminal acetylenes is 1. The summed E-state index contributed by atoms with van der Waals surface area (Å²) in [6.07, 6.45) is 9.99. The molecular weight excluding hydrogens is 222 g/mol. The van der Waals surface area contributed by atoms with Crippen LogP contribution in [-0.4, -0.2) is 24.6 Å². The van der Waals surface area contributed by atoms with E-state index in [0.29, 0.717) is 6.54 Å². The fourth-order valence-corrected chi connectivity index (χ4v) is 1.97. The Kier molecular flexibility index (Phi) is 4.60. The van der Waals surface area contributed by atoms with Gasteiger partial charge in [-0.15, -0.1) is 6.42 Å². The molecule has 1 aromatic rings.